The molecule has 1 unspecified atom stereocenters. The fourth-order valence-electron chi connectivity index (χ4n) is 4.39. The normalized spacial score (nSPS) is 19.6. The van der Waals surface area contributed by atoms with Crippen molar-refractivity contribution in [1.29, 1.82) is 0 Å². The van der Waals surface area contributed by atoms with Crippen LogP contribution in [0.1, 0.15) is 57.7 Å². The summed E-state index contributed by atoms with van der Waals surface area (Å²) in [6.45, 7) is 5.04. The second-order valence-electron chi connectivity index (χ2n) is 8.10. The molecule has 2 aliphatic rings. The number of likely N-dealkylation sites (tertiary alicyclic amines) is 1. The fourth-order valence-corrected chi connectivity index (χ4v) is 4.39. The number of carbonyl (C=O) groups is 2. The Morgan fingerprint density at radius 1 is 1.26 bits per heavy atom. The van der Waals surface area contributed by atoms with Crippen LogP contribution in [-0.2, 0) is 6.54 Å². The molecule has 0 bridgehead atoms. The van der Waals surface area contributed by atoms with Gasteiger partial charge in [0.2, 0.25) is 6.35 Å². The van der Waals surface area contributed by atoms with Crippen LogP contribution in [0.15, 0.2) is 36.5 Å². The summed E-state index contributed by atoms with van der Waals surface area (Å²) in [7, 11) is 1.60. The third-order valence-corrected chi connectivity index (χ3v) is 6.21. The quantitative estimate of drug-likeness (QED) is 0.680. The highest BCUT2D eigenvalue weighted by molar-refractivity contribution is 6.01. The fraction of sp³-hybridized carbons (Fsp3) is 0.435. The van der Waals surface area contributed by atoms with Gasteiger partial charge in [-0.3, -0.25) is 24.4 Å². The molecule has 8 heteroatoms. The Bertz CT molecular complexity index is 954. The van der Waals surface area contributed by atoms with E-state index in [1.807, 2.05) is 37.4 Å². The van der Waals surface area contributed by atoms with Crippen LogP contribution in [0.4, 0.5) is 5.69 Å². The number of piperidine rings is 1. The maximum Gasteiger partial charge on any atom is 0.269 e. The number of aliphatic hydroxyl groups excluding tert-OH is 1. The molecule has 3 N–H and O–H groups in total. The molecule has 1 saturated heterocycles. The van der Waals surface area contributed by atoms with Crippen molar-refractivity contribution in [2.45, 2.75) is 38.6 Å². The highest BCUT2D eigenvalue weighted by Crippen LogP contribution is 2.30. The molecular formula is C23H29N5O3. The summed E-state index contributed by atoms with van der Waals surface area (Å²) in [6, 6.07) is 9.61. The van der Waals surface area contributed by atoms with Crippen molar-refractivity contribution < 1.29 is 14.7 Å². The molecule has 4 rings (SSSR count). The predicted molar refractivity (Wildman–Crippen MR) is 118 cm³/mol. The molecule has 8 nitrogen and oxygen atoms in total. The molecule has 1 aromatic heterocycles. The van der Waals surface area contributed by atoms with Gasteiger partial charge in [-0.25, -0.2) is 0 Å². The Morgan fingerprint density at radius 3 is 2.68 bits per heavy atom. The van der Waals surface area contributed by atoms with Gasteiger partial charge < -0.3 is 15.7 Å². The average Bonchev–Trinajstić information content (AvgIpc) is 2.79. The molecule has 3 heterocycles. The lowest BCUT2D eigenvalue weighted by Gasteiger charge is -2.34. The lowest BCUT2D eigenvalue weighted by molar-refractivity contribution is 0.0210. The van der Waals surface area contributed by atoms with Crippen molar-refractivity contribution in [2.75, 3.05) is 32.0 Å². The minimum Gasteiger partial charge on any atom is -0.356 e. The predicted octanol–water partition coefficient (Wildman–Crippen LogP) is 1.98. The zero-order valence-corrected chi connectivity index (χ0v) is 18.0. The van der Waals surface area contributed by atoms with Crippen molar-refractivity contribution in [2.24, 2.45) is 0 Å². The number of aliphatic hydroxyl groups is 1. The van der Waals surface area contributed by atoms with Crippen molar-refractivity contribution in [1.82, 2.24) is 20.1 Å². The maximum atomic E-state index is 12.5. The third-order valence-electron chi connectivity index (χ3n) is 6.21. The van der Waals surface area contributed by atoms with E-state index in [0.29, 0.717) is 29.4 Å². The van der Waals surface area contributed by atoms with Crippen LogP contribution in [0.2, 0.25) is 0 Å². The Balaban J connectivity index is 1.36. The topological polar surface area (TPSA) is 97.8 Å². The van der Waals surface area contributed by atoms with Gasteiger partial charge >= 0.3 is 0 Å². The Kier molecular flexibility index (Phi) is 6.20. The van der Waals surface area contributed by atoms with Crippen molar-refractivity contribution in [3.05, 3.63) is 58.9 Å². The Hall–Kier alpha value is -2.97. The van der Waals surface area contributed by atoms with Gasteiger partial charge in [-0.15, -0.1) is 0 Å². The molecule has 1 atom stereocenters. The van der Waals surface area contributed by atoms with Crippen molar-refractivity contribution in [3.63, 3.8) is 0 Å². The number of pyridine rings is 1. The number of benzene rings is 1. The van der Waals surface area contributed by atoms with E-state index in [9.17, 15) is 14.7 Å². The second kappa shape index (κ2) is 9.03. The van der Waals surface area contributed by atoms with Gasteiger partial charge in [0.05, 0.1) is 11.3 Å². The van der Waals surface area contributed by atoms with Crippen molar-refractivity contribution >= 4 is 17.5 Å². The maximum absolute atomic E-state index is 12.5. The molecule has 2 aromatic rings. The second-order valence-corrected chi connectivity index (χ2v) is 8.10. The zero-order chi connectivity index (χ0) is 22.0. The van der Waals surface area contributed by atoms with Gasteiger partial charge in [0.15, 0.2) is 0 Å². The van der Waals surface area contributed by atoms with E-state index in [4.69, 9.17) is 0 Å². The van der Waals surface area contributed by atoms with Gasteiger partial charge in [-0.05, 0) is 68.1 Å². The standard InChI is InChI=1S/C23H29N5O3/c1-3-28-22(30)18-6-4-15(12-20(18)26-23(28)31)14-27-10-8-16(9-11-27)17-5-7-19(25-13-17)21(29)24-2/h4-7,12-13,16,23,26,31H,3,8-11,14H2,1-2H3,(H,24,29). The summed E-state index contributed by atoms with van der Waals surface area (Å²) in [5.74, 6) is 0.130. The first kappa shape index (κ1) is 21.3. The summed E-state index contributed by atoms with van der Waals surface area (Å²) >= 11 is 0. The molecule has 0 spiro atoms. The summed E-state index contributed by atoms with van der Waals surface area (Å²) in [4.78, 5) is 32.3. The van der Waals surface area contributed by atoms with E-state index in [-0.39, 0.29) is 11.8 Å². The number of aromatic nitrogens is 1. The molecule has 0 saturated carbocycles. The highest BCUT2D eigenvalue weighted by Gasteiger charge is 2.29. The zero-order valence-electron chi connectivity index (χ0n) is 18.0. The van der Waals surface area contributed by atoms with E-state index in [1.54, 1.807) is 13.1 Å². The first-order valence-corrected chi connectivity index (χ1v) is 10.8. The monoisotopic (exact) mass is 423 g/mol. The van der Waals surface area contributed by atoms with Crippen molar-refractivity contribution in [3.8, 4) is 0 Å². The molecule has 0 aliphatic carbocycles. The van der Waals surface area contributed by atoms with Crippen LogP contribution in [0.3, 0.4) is 0 Å². The number of hydrogen-bond donors (Lipinski definition) is 3. The van der Waals surface area contributed by atoms with Gasteiger partial charge in [0, 0.05) is 26.3 Å². The number of rotatable bonds is 5. The molecule has 164 valence electrons. The molecule has 31 heavy (non-hydrogen) atoms. The molecule has 2 amide bonds. The molecule has 1 aromatic carbocycles. The van der Waals surface area contributed by atoms with Crippen LogP contribution < -0.4 is 10.6 Å². The van der Waals surface area contributed by atoms with Crippen LogP contribution in [0.5, 0.6) is 0 Å². The first-order valence-electron chi connectivity index (χ1n) is 10.8. The molecule has 2 aliphatic heterocycles. The van der Waals surface area contributed by atoms with Crippen LogP contribution >= 0.6 is 0 Å². The largest absolute Gasteiger partial charge is 0.356 e. The minimum atomic E-state index is -0.987. The van der Waals surface area contributed by atoms with E-state index in [2.05, 4.69) is 20.5 Å². The molecular weight excluding hydrogens is 394 g/mol. The highest BCUT2D eigenvalue weighted by atomic mass is 16.3. The van der Waals surface area contributed by atoms with Crippen LogP contribution in [0, 0.1) is 0 Å². The number of nitrogens with one attached hydrogen (secondary N) is 2. The number of fused-ring (bicyclic) bond motifs is 1. The van der Waals surface area contributed by atoms with Gasteiger partial charge in [0.1, 0.15) is 5.69 Å². The third kappa shape index (κ3) is 4.40. The Morgan fingerprint density at radius 2 is 2.03 bits per heavy atom. The van der Waals surface area contributed by atoms with E-state index >= 15 is 0 Å². The van der Waals surface area contributed by atoms with Crippen LogP contribution in [-0.4, -0.2) is 64.7 Å². The average molecular weight is 424 g/mol. The van der Waals surface area contributed by atoms with Gasteiger partial charge in [-0.2, -0.15) is 0 Å². The number of carbonyl (C=O) groups excluding carboxylic acids is 2. The summed E-state index contributed by atoms with van der Waals surface area (Å²) in [5, 5.41) is 15.8. The minimum absolute atomic E-state index is 0.146. The molecule has 1 fully saturated rings. The summed E-state index contributed by atoms with van der Waals surface area (Å²) < 4.78 is 0. The summed E-state index contributed by atoms with van der Waals surface area (Å²) in [6.07, 6.45) is 2.90. The van der Waals surface area contributed by atoms with E-state index in [0.717, 1.165) is 38.0 Å². The Labute approximate surface area is 182 Å². The lowest BCUT2D eigenvalue weighted by Crippen LogP contribution is -2.48. The number of hydrogen-bond acceptors (Lipinski definition) is 6. The number of amides is 2. The van der Waals surface area contributed by atoms with E-state index < -0.39 is 6.35 Å². The van der Waals surface area contributed by atoms with E-state index in [1.165, 1.54) is 10.5 Å². The lowest BCUT2D eigenvalue weighted by atomic mass is 9.90. The van der Waals surface area contributed by atoms with Gasteiger partial charge in [0.25, 0.3) is 11.8 Å². The van der Waals surface area contributed by atoms with Gasteiger partial charge in [-0.1, -0.05) is 12.1 Å². The molecule has 0 radical (unpaired) electrons. The smallest absolute Gasteiger partial charge is 0.269 e. The number of anilines is 1. The SMILES string of the molecule is CCN1C(=O)c2ccc(CN3CCC(c4ccc(C(=O)NC)nc4)CC3)cc2NC1O. The summed E-state index contributed by atoms with van der Waals surface area (Å²) in [5.41, 5.74) is 4.03. The first-order chi connectivity index (χ1) is 15.0. The number of nitrogens with zero attached hydrogens (tertiary/aromatic N) is 3. The van der Waals surface area contributed by atoms with Crippen LogP contribution in [0.25, 0.3) is 0 Å².